The van der Waals surface area contributed by atoms with E-state index in [-0.39, 0.29) is 0 Å². The van der Waals surface area contributed by atoms with Crippen LogP contribution in [0.25, 0.3) is 0 Å². The van der Waals surface area contributed by atoms with Gasteiger partial charge in [0, 0.05) is 22.2 Å². The van der Waals surface area contributed by atoms with Gasteiger partial charge in [-0.15, -0.1) is 0 Å². The van der Waals surface area contributed by atoms with E-state index < -0.39 is 24.3 Å². The minimum Gasteiger partial charge on any atom is -0.366 e. The molecule has 1 heterocycles. The molecular weight excluding hydrogens is 303 g/mol. The zero-order valence-corrected chi connectivity index (χ0v) is 13.1. The van der Waals surface area contributed by atoms with Gasteiger partial charge in [0.05, 0.1) is 0 Å². The van der Waals surface area contributed by atoms with Crippen molar-refractivity contribution >= 4 is 23.2 Å². The van der Waals surface area contributed by atoms with Gasteiger partial charge in [-0.2, -0.15) is 0 Å². The molecule has 1 fully saturated rings. The van der Waals surface area contributed by atoms with E-state index in [1.807, 2.05) is 0 Å². The summed E-state index contributed by atoms with van der Waals surface area (Å²) in [5.41, 5.74) is 0.602. The SMILES string of the molecule is CCOC(O)C1OC(C)(C)OC1c1c(Cl)cccc1Cl. The van der Waals surface area contributed by atoms with E-state index in [9.17, 15) is 5.11 Å². The Hall–Kier alpha value is -0.360. The Balaban J connectivity index is 2.36. The second kappa shape index (κ2) is 6.18. The Morgan fingerprint density at radius 2 is 1.90 bits per heavy atom. The smallest absolute Gasteiger partial charge is 0.184 e. The fourth-order valence-electron chi connectivity index (χ4n) is 2.27. The van der Waals surface area contributed by atoms with Crippen LogP contribution in [0, 0.1) is 0 Å². The molecule has 3 unspecified atom stereocenters. The van der Waals surface area contributed by atoms with E-state index in [4.69, 9.17) is 37.4 Å². The molecule has 0 aliphatic carbocycles. The van der Waals surface area contributed by atoms with Crippen molar-refractivity contribution in [3.63, 3.8) is 0 Å². The van der Waals surface area contributed by atoms with E-state index >= 15 is 0 Å². The highest BCUT2D eigenvalue weighted by atomic mass is 35.5. The molecule has 6 heteroatoms. The number of hydrogen-bond acceptors (Lipinski definition) is 4. The molecule has 20 heavy (non-hydrogen) atoms. The van der Waals surface area contributed by atoms with Crippen LogP contribution in [0.1, 0.15) is 32.4 Å². The number of benzene rings is 1. The highest BCUT2D eigenvalue weighted by molar-refractivity contribution is 6.36. The normalized spacial score (nSPS) is 26.7. The third kappa shape index (κ3) is 3.27. The summed E-state index contributed by atoms with van der Waals surface area (Å²) in [5.74, 6) is -0.851. The molecule has 0 amide bonds. The predicted molar refractivity (Wildman–Crippen MR) is 76.9 cm³/mol. The van der Waals surface area contributed by atoms with Crippen molar-refractivity contribution in [2.45, 2.75) is 45.1 Å². The van der Waals surface area contributed by atoms with Crippen LogP contribution in [-0.4, -0.2) is 29.9 Å². The van der Waals surface area contributed by atoms with Gasteiger partial charge < -0.3 is 19.3 Å². The summed E-state index contributed by atoms with van der Waals surface area (Å²) in [5, 5.41) is 11.0. The summed E-state index contributed by atoms with van der Waals surface area (Å²) in [4.78, 5) is 0. The molecular formula is C14H18Cl2O4. The quantitative estimate of drug-likeness (QED) is 0.862. The van der Waals surface area contributed by atoms with Gasteiger partial charge in [0.25, 0.3) is 0 Å². The fourth-order valence-corrected chi connectivity index (χ4v) is 2.88. The summed E-state index contributed by atoms with van der Waals surface area (Å²) in [6.07, 6.45) is -2.39. The first kappa shape index (κ1) is 16.0. The van der Waals surface area contributed by atoms with Crippen LogP contribution in [0.4, 0.5) is 0 Å². The largest absolute Gasteiger partial charge is 0.366 e. The second-order valence-electron chi connectivity index (χ2n) is 5.00. The topological polar surface area (TPSA) is 47.9 Å². The van der Waals surface area contributed by atoms with Crippen molar-refractivity contribution in [2.24, 2.45) is 0 Å². The lowest BCUT2D eigenvalue weighted by Gasteiger charge is -2.23. The van der Waals surface area contributed by atoms with Crippen molar-refractivity contribution < 1.29 is 19.3 Å². The molecule has 1 aromatic rings. The van der Waals surface area contributed by atoms with Crippen molar-refractivity contribution in [2.75, 3.05) is 6.61 Å². The maximum absolute atomic E-state index is 10.1. The minimum atomic E-state index is -1.11. The van der Waals surface area contributed by atoms with Gasteiger partial charge in [0.15, 0.2) is 12.1 Å². The lowest BCUT2D eigenvalue weighted by atomic mass is 10.0. The van der Waals surface area contributed by atoms with Gasteiger partial charge in [-0.05, 0) is 32.9 Å². The van der Waals surface area contributed by atoms with Gasteiger partial charge in [-0.1, -0.05) is 29.3 Å². The van der Waals surface area contributed by atoms with Gasteiger partial charge in [-0.3, -0.25) is 0 Å². The predicted octanol–water partition coefficient (Wildman–Crippen LogP) is 3.54. The maximum atomic E-state index is 10.1. The van der Waals surface area contributed by atoms with E-state index in [0.29, 0.717) is 22.2 Å². The molecule has 0 bridgehead atoms. The molecule has 1 aromatic carbocycles. The van der Waals surface area contributed by atoms with E-state index in [1.54, 1.807) is 39.0 Å². The molecule has 0 spiro atoms. The fraction of sp³-hybridized carbons (Fsp3) is 0.571. The molecule has 0 saturated carbocycles. The first-order valence-electron chi connectivity index (χ1n) is 6.45. The molecule has 0 radical (unpaired) electrons. The highest BCUT2D eigenvalue weighted by Crippen LogP contribution is 2.44. The van der Waals surface area contributed by atoms with Crippen LogP contribution in [-0.2, 0) is 14.2 Å². The Bertz CT molecular complexity index is 458. The molecule has 1 aliphatic heterocycles. The number of halogens is 2. The molecule has 112 valence electrons. The summed E-state index contributed by atoms with van der Waals surface area (Å²) < 4.78 is 16.8. The molecule has 4 nitrogen and oxygen atoms in total. The van der Waals surface area contributed by atoms with Crippen LogP contribution < -0.4 is 0 Å². The molecule has 1 N–H and O–H groups in total. The lowest BCUT2D eigenvalue weighted by molar-refractivity contribution is -0.199. The number of hydrogen-bond donors (Lipinski definition) is 1. The molecule has 0 aromatic heterocycles. The maximum Gasteiger partial charge on any atom is 0.184 e. The van der Waals surface area contributed by atoms with Gasteiger partial charge in [0.2, 0.25) is 0 Å². The molecule has 1 saturated heterocycles. The van der Waals surface area contributed by atoms with Crippen molar-refractivity contribution in [3.05, 3.63) is 33.8 Å². The van der Waals surface area contributed by atoms with Gasteiger partial charge in [0.1, 0.15) is 12.2 Å². The standard InChI is InChI=1S/C14H18Cl2O4/c1-4-18-13(17)12-11(19-14(2,3)20-12)10-8(15)6-5-7-9(10)16/h5-7,11-13,17H,4H2,1-3H3. The van der Waals surface area contributed by atoms with Gasteiger partial charge in [-0.25, -0.2) is 0 Å². The van der Waals surface area contributed by atoms with Crippen molar-refractivity contribution in [1.29, 1.82) is 0 Å². The summed E-state index contributed by atoms with van der Waals surface area (Å²) in [7, 11) is 0. The number of aliphatic hydroxyl groups is 1. The Labute approximate surface area is 128 Å². The van der Waals surface area contributed by atoms with Crippen LogP contribution in [0.2, 0.25) is 10.0 Å². The van der Waals surface area contributed by atoms with Crippen LogP contribution in [0.15, 0.2) is 18.2 Å². The third-order valence-corrected chi connectivity index (χ3v) is 3.69. The number of aliphatic hydroxyl groups excluding tert-OH is 1. The number of ether oxygens (including phenoxy) is 3. The highest BCUT2D eigenvalue weighted by Gasteiger charge is 2.47. The van der Waals surface area contributed by atoms with Gasteiger partial charge >= 0.3 is 0 Å². The zero-order chi connectivity index (χ0) is 14.9. The molecule has 1 aliphatic rings. The van der Waals surface area contributed by atoms with Crippen LogP contribution in [0.3, 0.4) is 0 Å². The Kier molecular flexibility index (Phi) is 4.95. The summed E-state index contributed by atoms with van der Waals surface area (Å²) >= 11 is 12.4. The Morgan fingerprint density at radius 3 is 2.45 bits per heavy atom. The molecule has 2 rings (SSSR count). The summed E-state index contributed by atoms with van der Waals surface area (Å²) in [6, 6.07) is 5.20. The zero-order valence-electron chi connectivity index (χ0n) is 11.6. The second-order valence-corrected chi connectivity index (χ2v) is 5.82. The van der Waals surface area contributed by atoms with Crippen molar-refractivity contribution in [1.82, 2.24) is 0 Å². The van der Waals surface area contributed by atoms with Crippen LogP contribution >= 0.6 is 23.2 Å². The lowest BCUT2D eigenvalue weighted by Crippen LogP contribution is -2.34. The van der Waals surface area contributed by atoms with E-state index in [2.05, 4.69) is 0 Å². The summed E-state index contributed by atoms with van der Waals surface area (Å²) in [6.45, 7) is 5.69. The monoisotopic (exact) mass is 320 g/mol. The van der Waals surface area contributed by atoms with E-state index in [1.165, 1.54) is 0 Å². The first-order valence-corrected chi connectivity index (χ1v) is 7.20. The third-order valence-electron chi connectivity index (χ3n) is 3.03. The minimum absolute atomic E-state index is 0.366. The Morgan fingerprint density at radius 1 is 1.30 bits per heavy atom. The van der Waals surface area contributed by atoms with E-state index in [0.717, 1.165) is 0 Å². The average Bonchev–Trinajstić information content (AvgIpc) is 2.65. The number of rotatable bonds is 4. The van der Waals surface area contributed by atoms with Crippen LogP contribution in [0.5, 0.6) is 0 Å². The average molecular weight is 321 g/mol. The molecule has 3 atom stereocenters. The first-order chi connectivity index (χ1) is 9.35. The van der Waals surface area contributed by atoms with Crippen molar-refractivity contribution in [3.8, 4) is 0 Å².